The van der Waals surface area contributed by atoms with Gasteiger partial charge < -0.3 is 9.47 Å². The maximum absolute atomic E-state index is 13.0. The van der Waals surface area contributed by atoms with Gasteiger partial charge in [0.1, 0.15) is 21.3 Å². The van der Waals surface area contributed by atoms with Crippen molar-refractivity contribution < 1.29 is 35.9 Å². The number of carbonyl (C=O) groups is 2. The van der Waals surface area contributed by atoms with E-state index >= 15 is 0 Å². The molecule has 0 radical (unpaired) electrons. The molecule has 12 heteroatoms. The minimum atomic E-state index is -3.97. The van der Waals surface area contributed by atoms with E-state index < -0.39 is 42.9 Å². The molecule has 42 heavy (non-hydrogen) atoms. The number of benzene rings is 2. The van der Waals surface area contributed by atoms with E-state index in [1.165, 1.54) is 0 Å². The number of unbranched alkanes of at least 4 members (excludes halogenated alkanes) is 1. The van der Waals surface area contributed by atoms with Crippen LogP contribution in [0, 0.1) is 0 Å². The van der Waals surface area contributed by atoms with Gasteiger partial charge in [0, 0.05) is 12.2 Å². The van der Waals surface area contributed by atoms with E-state index in [4.69, 9.17) is 9.47 Å². The van der Waals surface area contributed by atoms with E-state index in [0.29, 0.717) is 48.7 Å². The summed E-state index contributed by atoms with van der Waals surface area (Å²) >= 11 is 0. The molecule has 0 N–H and O–H groups in total. The van der Waals surface area contributed by atoms with Gasteiger partial charge in [-0.2, -0.15) is 0 Å². The Labute approximate surface area is 247 Å². The summed E-state index contributed by atoms with van der Waals surface area (Å²) in [6.45, 7) is 10.7. The molecule has 2 amide bonds. The van der Waals surface area contributed by atoms with Gasteiger partial charge in [-0.15, -0.1) is 0 Å². The van der Waals surface area contributed by atoms with Crippen molar-refractivity contribution in [3.63, 3.8) is 0 Å². The zero-order valence-corrected chi connectivity index (χ0v) is 26.2. The second kappa shape index (κ2) is 11.2. The number of amides is 2. The van der Waals surface area contributed by atoms with Gasteiger partial charge in [0.05, 0.1) is 24.3 Å². The summed E-state index contributed by atoms with van der Waals surface area (Å²) in [6.07, 6.45) is 3.55. The smallest absolute Gasteiger partial charge is 0.268 e. The lowest BCUT2D eigenvalue weighted by Crippen LogP contribution is -2.45. The number of ether oxygens (including phenoxy) is 2. The van der Waals surface area contributed by atoms with Gasteiger partial charge in [-0.05, 0) is 89.8 Å². The topological polar surface area (TPSA) is 127 Å². The molecule has 0 saturated carbocycles. The maximum atomic E-state index is 13.0. The van der Waals surface area contributed by atoms with Crippen LogP contribution in [0.1, 0.15) is 65.5 Å². The maximum Gasteiger partial charge on any atom is 0.268 e. The molecule has 0 saturated heterocycles. The first-order valence-electron chi connectivity index (χ1n) is 13.5. The van der Waals surface area contributed by atoms with E-state index in [9.17, 15) is 26.4 Å². The summed E-state index contributed by atoms with van der Waals surface area (Å²) in [7, 11) is -7.95. The highest BCUT2D eigenvalue weighted by Gasteiger charge is 2.45. The first kappa shape index (κ1) is 31.3. The molecule has 0 spiro atoms. The van der Waals surface area contributed by atoms with Crippen LogP contribution in [0.4, 0.5) is 0 Å². The highest BCUT2D eigenvalue weighted by atomic mass is 32.2. The molecular weight excluding hydrogens is 580 g/mol. The Bertz CT molecular complexity index is 1550. The number of nitrogens with zero attached hydrogens (tertiary/aromatic N) is 2. The lowest BCUT2D eigenvalue weighted by molar-refractivity contribution is -0.124. The van der Waals surface area contributed by atoms with Crippen LogP contribution in [-0.4, -0.2) is 61.6 Å². The first-order chi connectivity index (χ1) is 19.4. The summed E-state index contributed by atoms with van der Waals surface area (Å²) in [4.78, 5) is 24.8. The summed E-state index contributed by atoms with van der Waals surface area (Å²) in [5.74, 6) is -0.194. The van der Waals surface area contributed by atoms with Crippen molar-refractivity contribution in [2.75, 3.05) is 13.2 Å². The average Bonchev–Trinajstić information content (AvgIpc) is 3.27. The van der Waals surface area contributed by atoms with E-state index in [0.717, 1.165) is 20.8 Å². The molecule has 0 atom stereocenters. The van der Waals surface area contributed by atoms with Crippen molar-refractivity contribution in [2.45, 2.75) is 65.5 Å². The second-order valence-corrected chi connectivity index (χ2v) is 15.5. The Morgan fingerprint density at radius 2 is 0.976 bits per heavy atom. The van der Waals surface area contributed by atoms with Crippen LogP contribution in [0.25, 0.3) is 9.81 Å². The van der Waals surface area contributed by atoms with Crippen LogP contribution < -0.4 is 9.47 Å². The molecule has 10 nitrogen and oxygen atoms in total. The van der Waals surface area contributed by atoms with Gasteiger partial charge in [-0.3, -0.25) is 9.59 Å². The Hall–Kier alpha value is -3.64. The minimum absolute atomic E-state index is 0.0554. The zero-order valence-electron chi connectivity index (χ0n) is 24.6. The highest BCUT2D eigenvalue weighted by molar-refractivity contribution is 8.00. The fourth-order valence-electron chi connectivity index (χ4n) is 4.83. The van der Waals surface area contributed by atoms with Gasteiger partial charge in [0.2, 0.25) is 0 Å². The summed E-state index contributed by atoms with van der Waals surface area (Å²) in [6, 6.07) is 13.2. The predicted octanol–water partition coefficient (Wildman–Crippen LogP) is 4.55. The lowest BCUT2D eigenvalue weighted by atomic mass is 10.1. The van der Waals surface area contributed by atoms with Crippen LogP contribution >= 0.6 is 0 Å². The second-order valence-electron chi connectivity index (χ2n) is 12.0. The van der Waals surface area contributed by atoms with Crippen molar-refractivity contribution >= 4 is 41.7 Å². The first-order valence-corrected chi connectivity index (χ1v) is 16.4. The van der Waals surface area contributed by atoms with Crippen molar-refractivity contribution in [3.8, 4) is 11.5 Å². The molecule has 2 aromatic rings. The molecule has 4 rings (SSSR count). The van der Waals surface area contributed by atoms with E-state index in [1.807, 2.05) is 0 Å². The summed E-state index contributed by atoms with van der Waals surface area (Å²) in [5, 5.41) is 0. The Balaban J connectivity index is 1.31. The SMILES string of the molecule is CC(C)(C)N1C(=O)C=C(c2cccc(OCCCCOc3cccc(C4=CC(=O)N(C(C)(C)C)S4(=O)=O)c3)c2)S1(=O)=O. The molecule has 226 valence electrons. The molecule has 2 aromatic carbocycles. The molecular formula is C30H36N2O8S2. The molecule has 0 unspecified atom stereocenters. The van der Waals surface area contributed by atoms with Crippen LogP contribution in [0.5, 0.6) is 11.5 Å². The van der Waals surface area contributed by atoms with Gasteiger partial charge in [-0.25, -0.2) is 25.4 Å². The minimum Gasteiger partial charge on any atom is -0.494 e. The van der Waals surface area contributed by atoms with Gasteiger partial charge in [0.15, 0.2) is 0 Å². The standard InChI is InChI=1S/C30H36N2O8S2/c1-29(2,3)31-27(33)19-25(41(31,35)36)21-11-9-13-23(17-21)39-15-7-8-16-40-24-14-10-12-22(18-24)26-20-28(34)32(30(4,5)6)42(26,37)38/h9-14,17-20H,7-8,15-16H2,1-6H3. The molecule has 0 aliphatic carbocycles. The van der Waals surface area contributed by atoms with Crippen LogP contribution in [0.15, 0.2) is 60.7 Å². The zero-order chi connectivity index (χ0) is 31.1. The highest BCUT2D eigenvalue weighted by Crippen LogP contribution is 2.37. The lowest BCUT2D eigenvalue weighted by Gasteiger charge is -2.30. The van der Waals surface area contributed by atoms with Crippen LogP contribution in [0.2, 0.25) is 0 Å². The summed E-state index contributed by atoms with van der Waals surface area (Å²) in [5.41, 5.74) is -1.02. The third-order valence-electron chi connectivity index (χ3n) is 6.48. The number of hydrogen-bond donors (Lipinski definition) is 0. The number of carbonyl (C=O) groups excluding carboxylic acids is 2. The number of hydrogen-bond acceptors (Lipinski definition) is 8. The third-order valence-corrected chi connectivity index (χ3v) is 10.7. The molecule has 0 bridgehead atoms. The third kappa shape index (κ3) is 6.24. The Morgan fingerprint density at radius 1 is 0.619 bits per heavy atom. The van der Waals surface area contributed by atoms with Crippen molar-refractivity contribution in [2.24, 2.45) is 0 Å². The summed E-state index contributed by atoms with van der Waals surface area (Å²) < 4.78 is 65.6. The van der Waals surface area contributed by atoms with Gasteiger partial charge >= 0.3 is 0 Å². The normalized spacial score (nSPS) is 18.2. The van der Waals surface area contributed by atoms with Crippen LogP contribution in [0.3, 0.4) is 0 Å². The number of rotatable bonds is 9. The monoisotopic (exact) mass is 616 g/mol. The fraction of sp³-hybridized carbons (Fsp3) is 0.400. The van der Waals surface area contributed by atoms with Gasteiger partial charge in [-0.1, -0.05) is 24.3 Å². The predicted molar refractivity (Wildman–Crippen MR) is 160 cm³/mol. The van der Waals surface area contributed by atoms with Crippen molar-refractivity contribution in [1.29, 1.82) is 0 Å². The molecule has 0 fully saturated rings. The van der Waals surface area contributed by atoms with E-state index in [1.54, 1.807) is 90.1 Å². The van der Waals surface area contributed by atoms with Crippen molar-refractivity contribution in [1.82, 2.24) is 8.61 Å². The van der Waals surface area contributed by atoms with Gasteiger partial charge in [0.25, 0.3) is 31.9 Å². The van der Waals surface area contributed by atoms with Crippen molar-refractivity contribution in [3.05, 3.63) is 71.8 Å². The number of sulfonamides is 2. The molecule has 2 aliphatic heterocycles. The average molecular weight is 617 g/mol. The fourth-order valence-corrected chi connectivity index (χ4v) is 8.60. The Morgan fingerprint density at radius 3 is 1.29 bits per heavy atom. The largest absolute Gasteiger partial charge is 0.494 e. The molecule has 2 aliphatic rings. The Kier molecular flexibility index (Phi) is 8.36. The van der Waals surface area contributed by atoms with E-state index in [-0.39, 0.29) is 9.81 Å². The molecule has 0 aromatic heterocycles. The van der Waals surface area contributed by atoms with Crippen LogP contribution in [-0.2, 0) is 29.6 Å². The quantitative estimate of drug-likeness (QED) is 0.376. The molecule has 2 heterocycles. The van der Waals surface area contributed by atoms with E-state index in [2.05, 4.69) is 0 Å².